The summed E-state index contributed by atoms with van der Waals surface area (Å²) in [5.74, 6) is -2.57. The fourth-order valence-electron chi connectivity index (χ4n) is 2.01. The summed E-state index contributed by atoms with van der Waals surface area (Å²) in [6.07, 6.45) is 0.280. The molecule has 2 rings (SSSR count). The third-order valence-corrected chi connectivity index (χ3v) is 4.17. The number of Topliss-reactive ketones (excluding diaryl/α,β-unsaturated/α-hetero) is 1. The molecular weight excluding hydrogens is 350 g/mol. The number of aliphatic imine (C=N–C) groups is 1. The van der Waals surface area contributed by atoms with E-state index in [-0.39, 0.29) is 30.4 Å². The maximum absolute atomic E-state index is 13.6. The van der Waals surface area contributed by atoms with Crippen molar-refractivity contribution >= 4 is 33.9 Å². The molecule has 5 nitrogen and oxygen atoms in total. The molecule has 0 aliphatic carbocycles. The normalized spacial score (nSPS) is 11.4. The second-order valence-corrected chi connectivity index (χ2v) is 6.30. The molecule has 1 heterocycles. The zero-order chi connectivity index (χ0) is 18.4. The van der Waals surface area contributed by atoms with Crippen LogP contribution in [0.1, 0.15) is 28.6 Å². The van der Waals surface area contributed by atoms with Gasteiger partial charge in [0.15, 0.2) is 5.78 Å². The lowest BCUT2D eigenvalue weighted by Crippen LogP contribution is -2.17. The molecule has 0 aliphatic heterocycles. The highest BCUT2D eigenvalue weighted by molar-refractivity contribution is 7.15. The largest absolute Gasteiger partial charge is 0.465 e. The molecule has 25 heavy (non-hydrogen) atoms. The van der Waals surface area contributed by atoms with Crippen LogP contribution in [0.2, 0.25) is 0 Å². The molecule has 1 aromatic carbocycles. The van der Waals surface area contributed by atoms with Crippen molar-refractivity contribution in [1.82, 2.24) is 0 Å². The van der Waals surface area contributed by atoms with Crippen LogP contribution in [-0.2, 0) is 16.0 Å². The van der Waals surface area contributed by atoms with Gasteiger partial charge in [-0.05, 0) is 24.3 Å². The molecule has 8 heteroatoms. The van der Waals surface area contributed by atoms with Gasteiger partial charge in [-0.2, -0.15) is 0 Å². The van der Waals surface area contributed by atoms with Gasteiger partial charge in [0.1, 0.15) is 22.5 Å². The number of benzene rings is 1. The lowest BCUT2D eigenvalue weighted by Gasteiger charge is -2.02. The molecule has 2 N–H and O–H groups in total. The van der Waals surface area contributed by atoms with Crippen LogP contribution in [0.25, 0.3) is 0 Å². The molecule has 0 radical (unpaired) electrons. The third kappa shape index (κ3) is 5.75. The Morgan fingerprint density at radius 1 is 1.24 bits per heavy atom. The first kappa shape index (κ1) is 18.7. The van der Waals surface area contributed by atoms with Crippen molar-refractivity contribution in [1.29, 1.82) is 0 Å². The van der Waals surface area contributed by atoms with E-state index in [2.05, 4.69) is 4.99 Å². The van der Waals surface area contributed by atoms with E-state index in [1.54, 1.807) is 6.07 Å². The minimum atomic E-state index is -0.929. The van der Waals surface area contributed by atoms with E-state index in [4.69, 9.17) is 10.5 Å². The first-order valence-electron chi connectivity index (χ1n) is 7.38. The Balaban J connectivity index is 1.98. The second-order valence-electron chi connectivity index (χ2n) is 5.16. The van der Waals surface area contributed by atoms with Crippen molar-refractivity contribution in [3.63, 3.8) is 0 Å². The number of thiophene rings is 1. The fraction of sp³-hybridized carbons (Fsp3) is 0.235. The maximum Gasteiger partial charge on any atom is 0.302 e. The summed E-state index contributed by atoms with van der Waals surface area (Å²) in [4.78, 5) is 27.8. The summed E-state index contributed by atoms with van der Waals surface area (Å²) in [6.45, 7) is 1.61. The van der Waals surface area contributed by atoms with Gasteiger partial charge >= 0.3 is 5.97 Å². The summed E-state index contributed by atoms with van der Waals surface area (Å²) in [6, 6.07) is 6.29. The van der Waals surface area contributed by atoms with Crippen molar-refractivity contribution in [3.8, 4) is 0 Å². The highest BCUT2D eigenvalue weighted by Crippen LogP contribution is 2.25. The van der Waals surface area contributed by atoms with Crippen molar-refractivity contribution in [3.05, 3.63) is 52.4 Å². The van der Waals surface area contributed by atoms with Crippen LogP contribution in [0.5, 0.6) is 0 Å². The lowest BCUT2D eigenvalue weighted by atomic mass is 10.1. The van der Waals surface area contributed by atoms with E-state index >= 15 is 0 Å². The average Bonchev–Trinajstić information content (AvgIpc) is 2.93. The van der Waals surface area contributed by atoms with E-state index in [0.29, 0.717) is 17.5 Å². The number of rotatable bonds is 7. The minimum absolute atomic E-state index is 0.0297. The topological polar surface area (TPSA) is 81.8 Å². The minimum Gasteiger partial charge on any atom is -0.465 e. The zero-order valence-corrected chi connectivity index (χ0v) is 14.2. The smallest absolute Gasteiger partial charge is 0.302 e. The molecule has 0 spiro atoms. The van der Waals surface area contributed by atoms with Crippen molar-refractivity contribution < 1.29 is 23.1 Å². The van der Waals surface area contributed by atoms with E-state index in [1.165, 1.54) is 18.3 Å². The number of nitrogens with zero attached hydrogens (tertiary/aromatic N) is 1. The predicted molar refractivity (Wildman–Crippen MR) is 91.2 cm³/mol. The molecule has 0 aliphatic rings. The van der Waals surface area contributed by atoms with E-state index in [9.17, 15) is 18.4 Å². The van der Waals surface area contributed by atoms with E-state index in [1.807, 2.05) is 6.07 Å². The lowest BCUT2D eigenvalue weighted by molar-refractivity contribution is -0.140. The molecule has 0 amide bonds. The molecule has 2 aromatic rings. The molecule has 0 bridgehead atoms. The fourth-order valence-corrected chi connectivity index (χ4v) is 2.90. The molecule has 0 saturated heterocycles. The van der Waals surface area contributed by atoms with E-state index < -0.39 is 17.4 Å². The summed E-state index contributed by atoms with van der Waals surface area (Å²) >= 11 is 1.35. The Labute approximate surface area is 147 Å². The number of hydrogen-bond acceptors (Lipinski definition) is 5. The van der Waals surface area contributed by atoms with Crippen LogP contribution >= 0.6 is 11.3 Å². The molecule has 0 saturated carbocycles. The van der Waals surface area contributed by atoms with Crippen LogP contribution in [0.3, 0.4) is 0 Å². The van der Waals surface area contributed by atoms with Gasteiger partial charge in [0, 0.05) is 24.3 Å². The Morgan fingerprint density at radius 3 is 2.68 bits per heavy atom. The summed E-state index contributed by atoms with van der Waals surface area (Å²) in [7, 11) is 0. The molecule has 0 fully saturated rings. The van der Waals surface area contributed by atoms with Crippen LogP contribution in [0, 0.1) is 11.6 Å². The summed E-state index contributed by atoms with van der Waals surface area (Å²) in [5.41, 5.74) is 5.51. The highest BCUT2D eigenvalue weighted by atomic mass is 32.1. The zero-order valence-electron chi connectivity index (χ0n) is 13.4. The summed E-state index contributed by atoms with van der Waals surface area (Å²) < 4.78 is 31.3. The Kier molecular flexibility index (Phi) is 6.35. The number of ether oxygens (including phenoxy) is 1. The number of halogens is 2. The standard InChI is InChI=1S/C17H16F2N2O3S/c1-10(22)24-7-6-12-3-5-17(25-12)21-16(20)9-15(23)13-4-2-11(18)8-14(13)19/h2-5,8H,6-7,9H2,1H3,(H2,20,21). The second kappa shape index (κ2) is 8.48. The van der Waals surface area contributed by atoms with Gasteiger partial charge in [-0.3, -0.25) is 9.59 Å². The monoisotopic (exact) mass is 366 g/mol. The first-order valence-corrected chi connectivity index (χ1v) is 8.20. The quantitative estimate of drug-likeness (QED) is 0.352. The number of amidine groups is 1. The molecule has 132 valence electrons. The van der Waals surface area contributed by atoms with Gasteiger partial charge in [0.2, 0.25) is 0 Å². The Morgan fingerprint density at radius 2 is 2.00 bits per heavy atom. The number of esters is 1. The van der Waals surface area contributed by atoms with Crippen LogP contribution in [0.15, 0.2) is 35.3 Å². The molecule has 1 aromatic heterocycles. The van der Waals surface area contributed by atoms with Crippen LogP contribution < -0.4 is 5.73 Å². The van der Waals surface area contributed by atoms with Gasteiger partial charge in [-0.1, -0.05) is 0 Å². The average molecular weight is 366 g/mol. The highest BCUT2D eigenvalue weighted by Gasteiger charge is 2.14. The molecular formula is C17H16F2N2O3S. The maximum atomic E-state index is 13.6. The Hall–Kier alpha value is -2.61. The number of carbonyl (C=O) groups excluding carboxylic acids is 2. The number of ketones is 1. The van der Waals surface area contributed by atoms with Crippen molar-refractivity contribution in [2.75, 3.05) is 6.61 Å². The molecule has 0 unspecified atom stereocenters. The molecule has 0 atom stereocenters. The van der Waals surface area contributed by atoms with E-state index in [0.717, 1.165) is 17.0 Å². The Bertz CT molecular complexity index is 818. The predicted octanol–water partition coefficient (Wildman–Crippen LogP) is 3.39. The number of hydrogen-bond donors (Lipinski definition) is 1. The van der Waals surface area contributed by atoms with Gasteiger partial charge in [0.05, 0.1) is 18.6 Å². The first-order chi connectivity index (χ1) is 11.8. The van der Waals surface area contributed by atoms with Crippen LogP contribution in [-0.4, -0.2) is 24.2 Å². The van der Waals surface area contributed by atoms with Crippen molar-refractivity contribution in [2.45, 2.75) is 19.8 Å². The van der Waals surface area contributed by atoms with Gasteiger partial charge in [-0.15, -0.1) is 11.3 Å². The van der Waals surface area contributed by atoms with Gasteiger partial charge in [-0.25, -0.2) is 13.8 Å². The van der Waals surface area contributed by atoms with Crippen LogP contribution in [0.4, 0.5) is 13.8 Å². The van der Waals surface area contributed by atoms with Gasteiger partial charge in [0.25, 0.3) is 0 Å². The summed E-state index contributed by atoms with van der Waals surface area (Å²) in [5, 5.41) is 0.586. The van der Waals surface area contributed by atoms with Crippen molar-refractivity contribution in [2.24, 2.45) is 10.7 Å². The number of carbonyl (C=O) groups is 2. The number of nitrogens with two attached hydrogens (primary N) is 1. The SMILES string of the molecule is CC(=O)OCCc1ccc(N=C(N)CC(=O)c2ccc(F)cc2F)s1. The third-order valence-electron chi connectivity index (χ3n) is 3.13. The van der Waals surface area contributed by atoms with Gasteiger partial charge < -0.3 is 10.5 Å².